The highest BCUT2D eigenvalue weighted by Crippen LogP contribution is 2.15. The summed E-state index contributed by atoms with van der Waals surface area (Å²) in [5.74, 6) is 2.11. The van der Waals surface area contributed by atoms with Crippen molar-refractivity contribution in [3.05, 3.63) is 29.7 Å². The molecule has 12 heavy (non-hydrogen) atoms. The standard InChI is InChI=1S/C9H5FN2/c1-2-8-7-4-3-6(10)5-9(7)12-11-8/h1,3-5H,(H,11,12). The van der Waals surface area contributed by atoms with Crippen molar-refractivity contribution >= 4 is 10.9 Å². The van der Waals surface area contributed by atoms with Crippen molar-refractivity contribution in [1.82, 2.24) is 10.2 Å². The molecule has 0 amide bonds. The summed E-state index contributed by atoms with van der Waals surface area (Å²) in [6.45, 7) is 0. The maximum Gasteiger partial charge on any atom is 0.142 e. The Hall–Kier alpha value is -1.82. The monoisotopic (exact) mass is 160 g/mol. The molecule has 0 saturated carbocycles. The molecule has 1 heterocycles. The van der Waals surface area contributed by atoms with Gasteiger partial charge in [-0.3, -0.25) is 5.10 Å². The zero-order valence-corrected chi connectivity index (χ0v) is 6.13. The Morgan fingerprint density at radius 3 is 3.08 bits per heavy atom. The first-order chi connectivity index (χ1) is 5.81. The molecule has 0 bridgehead atoms. The quantitative estimate of drug-likeness (QED) is 0.583. The Labute approximate surface area is 68.4 Å². The topological polar surface area (TPSA) is 28.7 Å². The average Bonchev–Trinajstić information content (AvgIpc) is 2.46. The lowest BCUT2D eigenvalue weighted by Crippen LogP contribution is -1.73. The zero-order valence-electron chi connectivity index (χ0n) is 6.13. The van der Waals surface area contributed by atoms with Crippen LogP contribution in [0.15, 0.2) is 18.2 Å². The fourth-order valence-electron chi connectivity index (χ4n) is 1.10. The number of aromatic amines is 1. The predicted octanol–water partition coefficient (Wildman–Crippen LogP) is 1.68. The molecule has 1 N–H and O–H groups in total. The third-order valence-electron chi connectivity index (χ3n) is 1.66. The van der Waals surface area contributed by atoms with Crippen LogP contribution in [0.5, 0.6) is 0 Å². The lowest BCUT2D eigenvalue weighted by atomic mass is 10.2. The van der Waals surface area contributed by atoms with Crippen molar-refractivity contribution in [2.45, 2.75) is 0 Å². The minimum Gasteiger partial charge on any atom is -0.276 e. The van der Waals surface area contributed by atoms with Gasteiger partial charge in [0.2, 0.25) is 0 Å². The van der Waals surface area contributed by atoms with Crippen LogP contribution in [0.25, 0.3) is 10.9 Å². The lowest BCUT2D eigenvalue weighted by Gasteiger charge is -1.87. The summed E-state index contributed by atoms with van der Waals surface area (Å²) in [6, 6.07) is 4.34. The predicted molar refractivity (Wildman–Crippen MR) is 44.0 cm³/mol. The van der Waals surface area contributed by atoms with E-state index >= 15 is 0 Å². The first kappa shape index (κ1) is 6.86. The van der Waals surface area contributed by atoms with E-state index in [1.54, 1.807) is 6.07 Å². The second-order valence-corrected chi connectivity index (χ2v) is 2.41. The van der Waals surface area contributed by atoms with E-state index in [0.717, 1.165) is 5.39 Å². The Kier molecular flexibility index (Phi) is 1.34. The van der Waals surface area contributed by atoms with E-state index < -0.39 is 0 Å². The third-order valence-corrected chi connectivity index (χ3v) is 1.66. The lowest BCUT2D eigenvalue weighted by molar-refractivity contribution is 0.629. The van der Waals surface area contributed by atoms with Crippen LogP contribution in [0, 0.1) is 18.2 Å². The molecule has 0 fully saturated rings. The number of aromatic nitrogens is 2. The second kappa shape index (κ2) is 2.35. The number of terminal acetylenes is 1. The molecule has 0 radical (unpaired) electrons. The minimum absolute atomic E-state index is 0.297. The van der Waals surface area contributed by atoms with Crippen LogP contribution < -0.4 is 0 Å². The summed E-state index contributed by atoms with van der Waals surface area (Å²) in [5.41, 5.74) is 1.15. The van der Waals surface area contributed by atoms with E-state index in [1.165, 1.54) is 12.1 Å². The average molecular weight is 160 g/mol. The van der Waals surface area contributed by atoms with Crippen LogP contribution in [0.4, 0.5) is 4.39 Å². The molecule has 0 atom stereocenters. The number of fused-ring (bicyclic) bond motifs is 1. The summed E-state index contributed by atoms with van der Waals surface area (Å²) in [6.07, 6.45) is 5.17. The normalized spacial score (nSPS) is 10.0. The van der Waals surface area contributed by atoms with E-state index in [2.05, 4.69) is 16.1 Å². The number of H-pyrrole nitrogens is 1. The molecule has 3 heteroatoms. The molecular weight excluding hydrogens is 155 g/mol. The van der Waals surface area contributed by atoms with Gasteiger partial charge < -0.3 is 0 Å². The van der Waals surface area contributed by atoms with Gasteiger partial charge in [0, 0.05) is 5.39 Å². The molecule has 0 aliphatic carbocycles. The highest BCUT2D eigenvalue weighted by atomic mass is 19.1. The molecule has 2 rings (SSSR count). The van der Waals surface area contributed by atoms with E-state index in [4.69, 9.17) is 6.42 Å². The second-order valence-electron chi connectivity index (χ2n) is 2.41. The van der Waals surface area contributed by atoms with Crippen LogP contribution in [0.1, 0.15) is 5.69 Å². The molecule has 1 aromatic carbocycles. The first-order valence-electron chi connectivity index (χ1n) is 3.41. The van der Waals surface area contributed by atoms with Gasteiger partial charge in [-0.15, -0.1) is 6.42 Å². The molecule has 58 valence electrons. The molecule has 0 saturated heterocycles. The van der Waals surface area contributed by atoms with Gasteiger partial charge >= 0.3 is 0 Å². The van der Waals surface area contributed by atoms with Gasteiger partial charge in [0.05, 0.1) is 5.52 Å². The fraction of sp³-hybridized carbons (Fsp3) is 0. The van der Waals surface area contributed by atoms with Gasteiger partial charge in [-0.25, -0.2) is 4.39 Å². The highest BCUT2D eigenvalue weighted by molar-refractivity contribution is 5.83. The van der Waals surface area contributed by atoms with Crippen LogP contribution in [0.2, 0.25) is 0 Å². The molecule has 0 spiro atoms. The summed E-state index contributed by atoms with van der Waals surface area (Å²) in [4.78, 5) is 0. The molecular formula is C9H5FN2. The van der Waals surface area contributed by atoms with E-state index in [-0.39, 0.29) is 5.82 Å². The van der Waals surface area contributed by atoms with Crippen molar-refractivity contribution in [2.24, 2.45) is 0 Å². The van der Waals surface area contributed by atoms with E-state index in [0.29, 0.717) is 11.2 Å². The highest BCUT2D eigenvalue weighted by Gasteiger charge is 2.02. The first-order valence-corrected chi connectivity index (χ1v) is 3.41. The summed E-state index contributed by atoms with van der Waals surface area (Å²) < 4.78 is 12.7. The molecule has 0 aliphatic heterocycles. The van der Waals surface area contributed by atoms with Gasteiger partial charge in [-0.2, -0.15) is 5.10 Å². The van der Waals surface area contributed by atoms with Gasteiger partial charge in [-0.1, -0.05) is 0 Å². The smallest absolute Gasteiger partial charge is 0.142 e. The van der Waals surface area contributed by atoms with Crippen molar-refractivity contribution in [3.8, 4) is 12.3 Å². The Morgan fingerprint density at radius 1 is 1.50 bits per heavy atom. The van der Waals surface area contributed by atoms with Crippen molar-refractivity contribution in [1.29, 1.82) is 0 Å². The summed E-state index contributed by atoms with van der Waals surface area (Å²) >= 11 is 0. The van der Waals surface area contributed by atoms with Crippen LogP contribution in [-0.2, 0) is 0 Å². The van der Waals surface area contributed by atoms with Gasteiger partial charge in [0.25, 0.3) is 0 Å². The molecule has 2 nitrogen and oxygen atoms in total. The molecule has 2 aromatic rings. The number of nitrogens with zero attached hydrogens (tertiary/aromatic N) is 1. The van der Waals surface area contributed by atoms with Crippen molar-refractivity contribution in [2.75, 3.05) is 0 Å². The van der Waals surface area contributed by atoms with Gasteiger partial charge in [-0.05, 0) is 24.1 Å². The van der Waals surface area contributed by atoms with Crippen LogP contribution in [0.3, 0.4) is 0 Å². The molecule has 0 aliphatic rings. The number of rotatable bonds is 0. The van der Waals surface area contributed by atoms with Crippen molar-refractivity contribution < 1.29 is 4.39 Å². The summed E-state index contributed by atoms with van der Waals surface area (Å²) in [7, 11) is 0. The number of benzene rings is 1. The Bertz CT molecular complexity index is 465. The summed E-state index contributed by atoms with van der Waals surface area (Å²) in [5, 5.41) is 7.25. The number of halogens is 1. The van der Waals surface area contributed by atoms with E-state index in [9.17, 15) is 4.39 Å². The number of hydrogen-bond acceptors (Lipinski definition) is 1. The third kappa shape index (κ3) is 0.857. The number of hydrogen-bond donors (Lipinski definition) is 1. The SMILES string of the molecule is C#Cc1n[nH]c2cc(F)ccc12. The van der Waals surface area contributed by atoms with E-state index in [1.807, 2.05) is 0 Å². The zero-order chi connectivity index (χ0) is 8.55. The molecule has 0 unspecified atom stereocenters. The largest absolute Gasteiger partial charge is 0.276 e. The fourth-order valence-corrected chi connectivity index (χ4v) is 1.10. The maximum atomic E-state index is 12.7. The van der Waals surface area contributed by atoms with Crippen molar-refractivity contribution in [3.63, 3.8) is 0 Å². The van der Waals surface area contributed by atoms with Crippen LogP contribution in [-0.4, -0.2) is 10.2 Å². The molecule has 1 aromatic heterocycles. The van der Waals surface area contributed by atoms with Gasteiger partial charge in [0.15, 0.2) is 0 Å². The Balaban J connectivity index is 2.84. The minimum atomic E-state index is -0.297. The van der Waals surface area contributed by atoms with Crippen LogP contribution >= 0.6 is 0 Å². The maximum absolute atomic E-state index is 12.7. The van der Waals surface area contributed by atoms with Gasteiger partial charge in [0.1, 0.15) is 11.5 Å². The number of nitrogens with one attached hydrogen (secondary N) is 1. The Morgan fingerprint density at radius 2 is 2.33 bits per heavy atom.